The van der Waals surface area contributed by atoms with Gasteiger partial charge in [0.2, 0.25) is 0 Å². The summed E-state index contributed by atoms with van der Waals surface area (Å²) in [5.41, 5.74) is 4.92. The summed E-state index contributed by atoms with van der Waals surface area (Å²) in [6.45, 7) is 5.06. The molecule has 2 heterocycles. The van der Waals surface area contributed by atoms with Gasteiger partial charge in [0.15, 0.2) is 0 Å². The average Bonchev–Trinajstić information content (AvgIpc) is 3.01. The van der Waals surface area contributed by atoms with Crippen molar-refractivity contribution in [3.8, 4) is 5.82 Å². The molecular weight excluding hydrogens is 260 g/mol. The quantitative estimate of drug-likeness (QED) is 0.794. The van der Waals surface area contributed by atoms with Crippen LogP contribution in [0.5, 0.6) is 0 Å². The van der Waals surface area contributed by atoms with Gasteiger partial charge in [-0.3, -0.25) is 4.57 Å². The molecule has 1 aromatic carbocycles. The maximum absolute atomic E-state index is 4.43. The Labute approximate surface area is 124 Å². The summed E-state index contributed by atoms with van der Waals surface area (Å²) >= 11 is 0. The standard InChI is InChI=1S/C17H18N4/c1-13-3-4-15(14(2)9-13)10-19-16-5-6-17(20-11-16)21-8-7-18-12-21/h3-9,11-12,19H,10H2,1-2H3. The van der Waals surface area contributed by atoms with Gasteiger partial charge in [-0.25, -0.2) is 9.97 Å². The maximum atomic E-state index is 4.43. The van der Waals surface area contributed by atoms with Gasteiger partial charge in [-0.05, 0) is 37.1 Å². The Hall–Kier alpha value is -2.62. The predicted octanol–water partition coefficient (Wildman–Crippen LogP) is 3.50. The van der Waals surface area contributed by atoms with E-state index in [0.29, 0.717) is 0 Å². The molecule has 21 heavy (non-hydrogen) atoms. The molecule has 106 valence electrons. The first kappa shape index (κ1) is 13.4. The fourth-order valence-electron chi connectivity index (χ4n) is 2.28. The average molecular weight is 278 g/mol. The second kappa shape index (κ2) is 5.79. The highest BCUT2D eigenvalue weighted by Crippen LogP contribution is 2.14. The fourth-order valence-corrected chi connectivity index (χ4v) is 2.28. The van der Waals surface area contributed by atoms with Gasteiger partial charge in [0, 0.05) is 18.9 Å². The van der Waals surface area contributed by atoms with Crippen LogP contribution in [-0.4, -0.2) is 14.5 Å². The molecule has 0 spiro atoms. The van der Waals surface area contributed by atoms with Gasteiger partial charge in [-0.15, -0.1) is 0 Å². The third kappa shape index (κ3) is 3.11. The number of hydrogen-bond donors (Lipinski definition) is 1. The van der Waals surface area contributed by atoms with Crippen LogP contribution in [0, 0.1) is 13.8 Å². The number of nitrogens with zero attached hydrogens (tertiary/aromatic N) is 3. The molecule has 0 atom stereocenters. The van der Waals surface area contributed by atoms with Crippen LogP contribution in [-0.2, 0) is 6.54 Å². The zero-order valence-corrected chi connectivity index (χ0v) is 12.2. The van der Waals surface area contributed by atoms with E-state index in [9.17, 15) is 0 Å². The van der Waals surface area contributed by atoms with Crippen molar-refractivity contribution in [3.63, 3.8) is 0 Å². The van der Waals surface area contributed by atoms with E-state index in [1.165, 1.54) is 16.7 Å². The number of pyridine rings is 1. The van der Waals surface area contributed by atoms with Crippen LogP contribution in [0.4, 0.5) is 5.69 Å². The Balaban J connectivity index is 1.68. The van der Waals surface area contributed by atoms with E-state index in [2.05, 4.69) is 47.3 Å². The molecule has 0 fully saturated rings. The summed E-state index contributed by atoms with van der Waals surface area (Å²) in [5, 5.41) is 3.41. The fraction of sp³-hybridized carbons (Fsp3) is 0.176. The van der Waals surface area contributed by atoms with Gasteiger partial charge in [0.25, 0.3) is 0 Å². The molecule has 3 rings (SSSR count). The summed E-state index contributed by atoms with van der Waals surface area (Å²) in [6.07, 6.45) is 7.21. The van der Waals surface area contributed by atoms with Crippen LogP contribution in [0.15, 0.2) is 55.2 Å². The molecule has 3 aromatic rings. The monoisotopic (exact) mass is 278 g/mol. The van der Waals surface area contributed by atoms with Crippen molar-refractivity contribution in [2.75, 3.05) is 5.32 Å². The van der Waals surface area contributed by atoms with Crippen molar-refractivity contribution in [1.29, 1.82) is 0 Å². The Morgan fingerprint density at radius 2 is 2.05 bits per heavy atom. The van der Waals surface area contributed by atoms with Crippen molar-refractivity contribution in [2.24, 2.45) is 0 Å². The molecule has 1 N–H and O–H groups in total. The van der Waals surface area contributed by atoms with E-state index < -0.39 is 0 Å². The lowest BCUT2D eigenvalue weighted by molar-refractivity contribution is 0.990. The number of nitrogens with one attached hydrogen (secondary N) is 1. The lowest BCUT2D eigenvalue weighted by Gasteiger charge is -2.10. The molecule has 0 bridgehead atoms. The molecule has 0 amide bonds. The first-order valence-corrected chi connectivity index (χ1v) is 6.97. The second-order valence-corrected chi connectivity index (χ2v) is 5.16. The summed E-state index contributed by atoms with van der Waals surface area (Å²) in [6, 6.07) is 10.5. The Morgan fingerprint density at radius 1 is 1.14 bits per heavy atom. The van der Waals surface area contributed by atoms with E-state index in [1.54, 1.807) is 12.5 Å². The first-order chi connectivity index (χ1) is 10.2. The summed E-state index contributed by atoms with van der Waals surface area (Å²) < 4.78 is 1.88. The first-order valence-electron chi connectivity index (χ1n) is 6.97. The largest absolute Gasteiger partial charge is 0.380 e. The number of imidazole rings is 1. The summed E-state index contributed by atoms with van der Waals surface area (Å²) in [5.74, 6) is 0.865. The van der Waals surface area contributed by atoms with Gasteiger partial charge in [0.05, 0.1) is 11.9 Å². The maximum Gasteiger partial charge on any atom is 0.137 e. The predicted molar refractivity (Wildman–Crippen MR) is 84.6 cm³/mol. The minimum Gasteiger partial charge on any atom is -0.380 e. The van der Waals surface area contributed by atoms with Crippen molar-refractivity contribution in [1.82, 2.24) is 14.5 Å². The third-order valence-electron chi connectivity index (χ3n) is 3.50. The molecular formula is C17H18N4. The normalized spacial score (nSPS) is 10.6. The van der Waals surface area contributed by atoms with Crippen LogP contribution in [0.3, 0.4) is 0 Å². The Morgan fingerprint density at radius 3 is 2.71 bits per heavy atom. The van der Waals surface area contributed by atoms with E-state index in [0.717, 1.165) is 18.1 Å². The Kier molecular flexibility index (Phi) is 3.69. The minimum absolute atomic E-state index is 0.804. The van der Waals surface area contributed by atoms with Crippen molar-refractivity contribution < 1.29 is 0 Å². The van der Waals surface area contributed by atoms with Crippen LogP contribution in [0.1, 0.15) is 16.7 Å². The number of aromatic nitrogens is 3. The number of rotatable bonds is 4. The van der Waals surface area contributed by atoms with E-state index in [1.807, 2.05) is 29.1 Å². The van der Waals surface area contributed by atoms with Crippen LogP contribution >= 0.6 is 0 Å². The van der Waals surface area contributed by atoms with Gasteiger partial charge in [-0.2, -0.15) is 0 Å². The second-order valence-electron chi connectivity index (χ2n) is 5.16. The highest BCUT2D eigenvalue weighted by molar-refractivity contribution is 5.45. The Bertz CT molecular complexity index is 715. The third-order valence-corrected chi connectivity index (χ3v) is 3.50. The minimum atomic E-state index is 0.804. The number of anilines is 1. The van der Waals surface area contributed by atoms with Gasteiger partial charge < -0.3 is 5.32 Å². The zero-order chi connectivity index (χ0) is 14.7. The molecule has 0 aliphatic heterocycles. The molecule has 4 heteroatoms. The van der Waals surface area contributed by atoms with E-state index >= 15 is 0 Å². The highest BCUT2D eigenvalue weighted by Gasteiger charge is 2.00. The van der Waals surface area contributed by atoms with Crippen LogP contribution in [0.25, 0.3) is 5.82 Å². The smallest absolute Gasteiger partial charge is 0.137 e. The van der Waals surface area contributed by atoms with Gasteiger partial charge >= 0.3 is 0 Å². The van der Waals surface area contributed by atoms with Crippen molar-refractivity contribution in [2.45, 2.75) is 20.4 Å². The highest BCUT2D eigenvalue weighted by atomic mass is 15.1. The number of hydrogen-bond acceptors (Lipinski definition) is 3. The lowest BCUT2D eigenvalue weighted by atomic mass is 10.1. The van der Waals surface area contributed by atoms with E-state index in [-0.39, 0.29) is 0 Å². The topological polar surface area (TPSA) is 42.7 Å². The molecule has 0 unspecified atom stereocenters. The molecule has 4 nitrogen and oxygen atoms in total. The van der Waals surface area contributed by atoms with Crippen molar-refractivity contribution in [3.05, 3.63) is 71.9 Å². The molecule has 0 aliphatic rings. The van der Waals surface area contributed by atoms with Crippen LogP contribution < -0.4 is 5.32 Å². The molecule has 2 aromatic heterocycles. The van der Waals surface area contributed by atoms with Crippen molar-refractivity contribution >= 4 is 5.69 Å². The SMILES string of the molecule is Cc1ccc(CNc2ccc(-n3ccnc3)nc2)c(C)c1. The van der Waals surface area contributed by atoms with E-state index in [4.69, 9.17) is 0 Å². The molecule has 0 saturated heterocycles. The van der Waals surface area contributed by atoms with Gasteiger partial charge in [0.1, 0.15) is 12.1 Å². The lowest BCUT2D eigenvalue weighted by Crippen LogP contribution is -2.02. The zero-order valence-electron chi connectivity index (χ0n) is 12.2. The molecule has 0 aliphatic carbocycles. The summed E-state index contributed by atoms with van der Waals surface area (Å²) in [7, 11) is 0. The molecule has 0 radical (unpaired) electrons. The summed E-state index contributed by atoms with van der Waals surface area (Å²) in [4.78, 5) is 8.45. The molecule has 0 saturated carbocycles. The van der Waals surface area contributed by atoms with Crippen LogP contribution in [0.2, 0.25) is 0 Å². The number of benzene rings is 1. The van der Waals surface area contributed by atoms with Gasteiger partial charge in [-0.1, -0.05) is 23.8 Å². The number of aryl methyl sites for hydroxylation is 2.